The second-order valence-corrected chi connectivity index (χ2v) is 4.75. The number of likely N-dealkylation sites (tertiary alicyclic amines) is 1. The molecule has 2 N–H and O–H groups in total. The minimum Gasteiger partial charge on any atom is -0.392 e. The van der Waals surface area contributed by atoms with Crippen molar-refractivity contribution in [1.29, 1.82) is 0 Å². The molecule has 0 aliphatic carbocycles. The zero-order valence-electron chi connectivity index (χ0n) is 8.62. The summed E-state index contributed by atoms with van der Waals surface area (Å²) in [7, 11) is 0. The van der Waals surface area contributed by atoms with Crippen LogP contribution in [0, 0.1) is 5.92 Å². The van der Waals surface area contributed by atoms with Gasteiger partial charge in [-0.1, -0.05) is 26.1 Å². The lowest BCUT2D eigenvalue weighted by Crippen LogP contribution is -2.39. The molecule has 0 aromatic rings. The van der Waals surface area contributed by atoms with Crippen LogP contribution in [-0.4, -0.2) is 29.0 Å². The number of nitrogens with two attached hydrogens (primary N) is 1. The van der Waals surface area contributed by atoms with Crippen LogP contribution in [0.1, 0.15) is 33.1 Å². The first-order chi connectivity index (χ1) is 6.11. The quantitative estimate of drug-likeness (QED) is 0.702. The van der Waals surface area contributed by atoms with Crippen LogP contribution in [-0.2, 0) is 0 Å². The summed E-state index contributed by atoms with van der Waals surface area (Å²) in [5.74, 6) is 0.771. The summed E-state index contributed by atoms with van der Waals surface area (Å²) in [6.07, 6.45) is 3.66. The molecule has 0 bridgehead atoms. The van der Waals surface area contributed by atoms with Crippen molar-refractivity contribution in [2.45, 2.75) is 39.2 Å². The van der Waals surface area contributed by atoms with Crippen LogP contribution in [0.2, 0.25) is 0 Å². The maximum Gasteiger partial charge on any atom is 0.0902 e. The molecular weight excluding hydrogens is 180 g/mol. The van der Waals surface area contributed by atoms with Gasteiger partial charge in [0.15, 0.2) is 0 Å². The van der Waals surface area contributed by atoms with E-state index in [0.29, 0.717) is 11.0 Å². The van der Waals surface area contributed by atoms with Gasteiger partial charge < -0.3 is 5.73 Å². The zero-order valence-corrected chi connectivity index (χ0v) is 9.44. The summed E-state index contributed by atoms with van der Waals surface area (Å²) < 4.78 is 0. The summed E-state index contributed by atoms with van der Waals surface area (Å²) in [6, 6.07) is 0.383. The Bertz CT molecular complexity index is 180. The Morgan fingerprint density at radius 2 is 2.31 bits per heavy atom. The lowest BCUT2D eigenvalue weighted by atomic mass is 10.1. The van der Waals surface area contributed by atoms with Gasteiger partial charge in [-0.05, 0) is 38.3 Å². The van der Waals surface area contributed by atoms with E-state index in [-0.39, 0.29) is 0 Å². The van der Waals surface area contributed by atoms with E-state index in [2.05, 4.69) is 18.7 Å². The molecule has 2 nitrogen and oxygen atoms in total. The molecule has 0 aromatic carbocycles. The van der Waals surface area contributed by atoms with E-state index in [1.54, 1.807) is 0 Å². The van der Waals surface area contributed by atoms with Gasteiger partial charge in [0.1, 0.15) is 0 Å². The third-order valence-corrected chi connectivity index (χ3v) is 2.96. The van der Waals surface area contributed by atoms with E-state index in [1.807, 2.05) is 0 Å². The molecular formula is C10H20N2S. The number of hydrogen-bond acceptors (Lipinski definition) is 2. The molecule has 0 radical (unpaired) electrons. The van der Waals surface area contributed by atoms with Crippen molar-refractivity contribution in [3.8, 4) is 0 Å². The second kappa shape index (κ2) is 4.91. The van der Waals surface area contributed by atoms with Gasteiger partial charge in [-0.25, -0.2) is 0 Å². The van der Waals surface area contributed by atoms with E-state index < -0.39 is 0 Å². The zero-order chi connectivity index (χ0) is 9.84. The van der Waals surface area contributed by atoms with Gasteiger partial charge in [0, 0.05) is 0 Å². The van der Waals surface area contributed by atoms with Crippen LogP contribution >= 0.6 is 12.2 Å². The highest BCUT2D eigenvalue weighted by molar-refractivity contribution is 7.80. The van der Waals surface area contributed by atoms with Gasteiger partial charge in [0.25, 0.3) is 0 Å². The summed E-state index contributed by atoms with van der Waals surface area (Å²) in [5, 5.41) is 0. The Labute approximate surface area is 86.5 Å². The van der Waals surface area contributed by atoms with E-state index in [1.165, 1.54) is 19.4 Å². The third-order valence-electron chi connectivity index (χ3n) is 2.69. The Kier molecular flexibility index (Phi) is 4.13. The molecule has 1 rings (SSSR count). The first-order valence-corrected chi connectivity index (χ1v) is 5.55. The topological polar surface area (TPSA) is 29.3 Å². The number of hydrogen-bond donors (Lipinski definition) is 1. The SMILES string of the molecule is CC(C)CCN1CCCC1C(N)=S. The fourth-order valence-corrected chi connectivity index (χ4v) is 2.11. The van der Waals surface area contributed by atoms with Gasteiger partial charge in [0.05, 0.1) is 11.0 Å². The highest BCUT2D eigenvalue weighted by Crippen LogP contribution is 2.18. The van der Waals surface area contributed by atoms with Crippen molar-refractivity contribution in [2.24, 2.45) is 11.7 Å². The first-order valence-electron chi connectivity index (χ1n) is 5.14. The van der Waals surface area contributed by atoms with Gasteiger partial charge in [-0.2, -0.15) is 0 Å². The van der Waals surface area contributed by atoms with Crippen molar-refractivity contribution in [3.63, 3.8) is 0 Å². The molecule has 0 spiro atoms. The fourth-order valence-electron chi connectivity index (χ4n) is 1.84. The minimum atomic E-state index is 0.383. The highest BCUT2D eigenvalue weighted by atomic mass is 32.1. The summed E-state index contributed by atoms with van der Waals surface area (Å²) in [4.78, 5) is 3.11. The molecule has 1 unspecified atom stereocenters. The monoisotopic (exact) mass is 200 g/mol. The van der Waals surface area contributed by atoms with Crippen molar-refractivity contribution >= 4 is 17.2 Å². The average Bonchev–Trinajstić information content (AvgIpc) is 2.47. The molecule has 1 atom stereocenters. The lowest BCUT2D eigenvalue weighted by molar-refractivity contribution is 0.283. The third kappa shape index (κ3) is 3.24. The van der Waals surface area contributed by atoms with Crippen LogP contribution < -0.4 is 5.73 Å². The molecule has 1 heterocycles. The van der Waals surface area contributed by atoms with Crippen LogP contribution in [0.25, 0.3) is 0 Å². The number of nitrogens with zero attached hydrogens (tertiary/aromatic N) is 1. The Balaban J connectivity index is 2.35. The fraction of sp³-hybridized carbons (Fsp3) is 0.900. The summed E-state index contributed by atoms with van der Waals surface area (Å²) in [6.45, 7) is 6.84. The van der Waals surface area contributed by atoms with E-state index >= 15 is 0 Å². The molecule has 1 saturated heterocycles. The average molecular weight is 200 g/mol. The van der Waals surface area contributed by atoms with E-state index in [4.69, 9.17) is 18.0 Å². The van der Waals surface area contributed by atoms with Crippen molar-refractivity contribution < 1.29 is 0 Å². The largest absolute Gasteiger partial charge is 0.392 e. The standard InChI is InChI=1S/C10H20N2S/c1-8(2)5-7-12-6-3-4-9(12)10(11)13/h8-9H,3-7H2,1-2H3,(H2,11,13). The predicted molar refractivity (Wildman–Crippen MR) is 60.8 cm³/mol. The summed E-state index contributed by atoms with van der Waals surface area (Å²) >= 11 is 5.05. The molecule has 0 aromatic heterocycles. The normalized spacial score (nSPS) is 24.1. The Morgan fingerprint density at radius 1 is 1.62 bits per heavy atom. The predicted octanol–water partition coefficient (Wildman–Crippen LogP) is 1.78. The highest BCUT2D eigenvalue weighted by Gasteiger charge is 2.25. The van der Waals surface area contributed by atoms with Crippen LogP contribution in [0.15, 0.2) is 0 Å². The molecule has 1 aliphatic rings. The molecule has 0 saturated carbocycles. The molecule has 0 amide bonds. The molecule has 1 aliphatic heterocycles. The molecule has 1 fully saturated rings. The molecule has 3 heteroatoms. The van der Waals surface area contributed by atoms with Crippen molar-refractivity contribution in [1.82, 2.24) is 4.90 Å². The van der Waals surface area contributed by atoms with Gasteiger partial charge >= 0.3 is 0 Å². The number of thiocarbonyl (C=S) groups is 1. The van der Waals surface area contributed by atoms with Crippen LogP contribution in [0.5, 0.6) is 0 Å². The maximum atomic E-state index is 5.68. The van der Waals surface area contributed by atoms with Crippen LogP contribution in [0.4, 0.5) is 0 Å². The van der Waals surface area contributed by atoms with Crippen molar-refractivity contribution in [2.75, 3.05) is 13.1 Å². The van der Waals surface area contributed by atoms with Gasteiger partial charge in [0.2, 0.25) is 0 Å². The van der Waals surface area contributed by atoms with Gasteiger partial charge in [-0.3, -0.25) is 4.90 Å². The summed E-state index contributed by atoms with van der Waals surface area (Å²) in [5.41, 5.74) is 5.68. The van der Waals surface area contributed by atoms with Gasteiger partial charge in [-0.15, -0.1) is 0 Å². The van der Waals surface area contributed by atoms with Crippen molar-refractivity contribution in [3.05, 3.63) is 0 Å². The van der Waals surface area contributed by atoms with E-state index in [9.17, 15) is 0 Å². The maximum absolute atomic E-state index is 5.68. The Morgan fingerprint density at radius 3 is 2.85 bits per heavy atom. The lowest BCUT2D eigenvalue weighted by Gasteiger charge is -2.23. The smallest absolute Gasteiger partial charge is 0.0902 e. The van der Waals surface area contributed by atoms with Crippen LogP contribution in [0.3, 0.4) is 0 Å². The second-order valence-electron chi connectivity index (χ2n) is 4.28. The minimum absolute atomic E-state index is 0.383. The molecule has 76 valence electrons. The first kappa shape index (κ1) is 10.9. The van der Waals surface area contributed by atoms with E-state index in [0.717, 1.165) is 18.9 Å². The Hall–Kier alpha value is -0.150. The molecule has 13 heavy (non-hydrogen) atoms. The number of rotatable bonds is 4.